The Bertz CT molecular complexity index is 826. The van der Waals surface area contributed by atoms with Crippen molar-refractivity contribution < 1.29 is 9.53 Å². The molecule has 1 amide bonds. The molecule has 0 aliphatic carbocycles. The predicted molar refractivity (Wildman–Crippen MR) is 87.3 cm³/mol. The third-order valence-electron chi connectivity index (χ3n) is 3.35. The van der Waals surface area contributed by atoms with Gasteiger partial charge in [0.15, 0.2) is 0 Å². The van der Waals surface area contributed by atoms with Crippen LogP contribution in [0.1, 0.15) is 29.8 Å². The summed E-state index contributed by atoms with van der Waals surface area (Å²) in [6, 6.07) is 12.9. The van der Waals surface area contributed by atoms with Gasteiger partial charge in [0.25, 0.3) is 5.91 Å². The minimum absolute atomic E-state index is 0.0847. The summed E-state index contributed by atoms with van der Waals surface area (Å²) in [5, 5.41) is 13.4. The zero-order chi connectivity index (χ0) is 16.2. The van der Waals surface area contributed by atoms with Crippen LogP contribution in [0, 0.1) is 0 Å². The van der Waals surface area contributed by atoms with E-state index in [9.17, 15) is 4.79 Å². The molecule has 0 fully saturated rings. The molecule has 23 heavy (non-hydrogen) atoms. The van der Waals surface area contributed by atoms with E-state index in [1.54, 1.807) is 18.2 Å². The van der Waals surface area contributed by atoms with Crippen LogP contribution in [-0.4, -0.2) is 27.4 Å². The molecule has 0 unspecified atom stereocenters. The van der Waals surface area contributed by atoms with Gasteiger partial charge in [0, 0.05) is 17.7 Å². The minimum Gasteiger partial charge on any atom is -0.491 e. The Labute approximate surface area is 133 Å². The molecule has 0 saturated carbocycles. The largest absolute Gasteiger partial charge is 0.491 e. The summed E-state index contributed by atoms with van der Waals surface area (Å²) in [7, 11) is 0. The van der Waals surface area contributed by atoms with Gasteiger partial charge in [-0.1, -0.05) is 18.2 Å². The Balaban J connectivity index is 1.71. The van der Waals surface area contributed by atoms with Gasteiger partial charge in [-0.25, -0.2) is 0 Å². The first-order chi connectivity index (χ1) is 11.1. The first-order valence-corrected chi connectivity index (χ1v) is 7.47. The van der Waals surface area contributed by atoms with Crippen LogP contribution < -0.4 is 10.1 Å². The lowest BCUT2D eigenvalue weighted by molar-refractivity contribution is 0.0950. The second kappa shape index (κ2) is 6.48. The van der Waals surface area contributed by atoms with Crippen LogP contribution in [0.4, 0.5) is 0 Å². The van der Waals surface area contributed by atoms with E-state index in [2.05, 4.69) is 20.7 Å². The Morgan fingerprint density at radius 3 is 2.78 bits per heavy atom. The van der Waals surface area contributed by atoms with Crippen molar-refractivity contribution in [1.29, 1.82) is 0 Å². The van der Waals surface area contributed by atoms with Crippen LogP contribution in [0.3, 0.4) is 0 Å². The summed E-state index contributed by atoms with van der Waals surface area (Å²) in [6.07, 6.45) is 0.0847. The molecule has 0 saturated heterocycles. The van der Waals surface area contributed by atoms with E-state index in [0.29, 0.717) is 17.6 Å². The number of para-hydroxylation sites is 1. The average Bonchev–Trinajstić information content (AvgIpc) is 3.00. The van der Waals surface area contributed by atoms with Crippen molar-refractivity contribution in [1.82, 2.24) is 20.7 Å². The quantitative estimate of drug-likeness (QED) is 0.759. The summed E-state index contributed by atoms with van der Waals surface area (Å²) < 4.78 is 5.76. The highest BCUT2D eigenvalue weighted by molar-refractivity contribution is 5.97. The molecule has 0 aliphatic heterocycles. The number of aromatic amines is 1. The second-order valence-corrected chi connectivity index (χ2v) is 5.48. The summed E-state index contributed by atoms with van der Waals surface area (Å²) in [5.74, 6) is 0.629. The Morgan fingerprint density at radius 1 is 1.17 bits per heavy atom. The number of nitrogens with one attached hydrogen (secondary N) is 2. The zero-order valence-corrected chi connectivity index (χ0v) is 13.0. The van der Waals surface area contributed by atoms with Crippen molar-refractivity contribution >= 4 is 16.9 Å². The summed E-state index contributed by atoms with van der Waals surface area (Å²) >= 11 is 0. The molecule has 6 nitrogen and oxygen atoms in total. The molecular formula is C17H18N4O2. The molecule has 0 bridgehead atoms. The number of hydrogen-bond acceptors (Lipinski definition) is 4. The molecule has 0 radical (unpaired) electrons. The SMILES string of the molecule is CC(C)Oc1ccccc1CNC(=O)c1ccc2n[nH]nc2c1. The van der Waals surface area contributed by atoms with Crippen molar-refractivity contribution in [3.05, 3.63) is 53.6 Å². The van der Waals surface area contributed by atoms with Crippen LogP contribution >= 0.6 is 0 Å². The van der Waals surface area contributed by atoms with Crippen LogP contribution in [0.25, 0.3) is 11.0 Å². The number of nitrogens with zero attached hydrogens (tertiary/aromatic N) is 2. The lowest BCUT2D eigenvalue weighted by Crippen LogP contribution is -2.23. The summed E-state index contributed by atoms with van der Waals surface area (Å²) in [5.41, 5.74) is 2.89. The molecule has 0 atom stereocenters. The molecule has 6 heteroatoms. The maximum atomic E-state index is 12.3. The fraction of sp³-hybridized carbons (Fsp3) is 0.235. The molecule has 2 N–H and O–H groups in total. The Hall–Kier alpha value is -2.89. The average molecular weight is 310 g/mol. The van der Waals surface area contributed by atoms with Gasteiger partial charge in [0.05, 0.1) is 6.10 Å². The van der Waals surface area contributed by atoms with Gasteiger partial charge < -0.3 is 10.1 Å². The fourth-order valence-electron chi connectivity index (χ4n) is 2.28. The van der Waals surface area contributed by atoms with Crippen molar-refractivity contribution in [3.63, 3.8) is 0 Å². The van der Waals surface area contributed by atoms with Crippen molar-refractivity contribution in [2.24, 2.45) is 0 Å². The highest BCUT2D eigenvalue weighted by Gasteiger charge is 2.10. The second-order valence-electron chi connectivity index (χ2n) is 5.48. The normalized spacial score (nSPS) is 10.9. The van der Waals surface area contributed by atoms with E-state index in [0.717, 1.165) is 16.8 Å². The number of carbonyl (C=O) groups excluding carboxylic acids is 1. The highest BCUT2D eigenvalue weighted by Crippen LogP contribution is 2.19. The fourth-order valence-corrected chi connectivity index (χ4v) is 2.28. The first kappa shape index (κ1) is 15.0. The molecule has 1 aromatic heterocycles. The van der Waals surface area contributed by atoms with Gasteiger partial charge >= 0.3 is 0 Å². The molecule has 118 valence electrons. The monoisotopic (exact) mass is 310 g/mol. The summed E-state index contributed by atoms with van der Waals surface area (Å²) in [4.78, 5) is 12.3. The van der Waals surface area contributed by atoms with Crippen molar-refractivity contribution in [2.75, 3.05) is 0 Å². The summed E-state index contributed by atoms with van der Waals surface area (Å²) in [6.45, 7) is 4.35. The standard InChI is InChI=1S/C17H18N4O2/c1-11(2)23-16-6-4-3-5-13(16)10-18-17(22)12-7-8-14-15(9-12)20-21-19-14/h3-9,11H,10H2,1-2H3,(H,18,22)(H,19,20,21). The molecule has 0 aliphatic rings. The van der Waals surface area contributed by atoms with E-state index in [1.807, 2.05) is 38.1 Å². The van der Waals surface area contributed by atoms with Gasteiger partial charge in [-0.3, -0.25) is 4.79 Å². The topological polar surface area (TPSA) is 79.9 Å². The highest BCUT2D eigenvalue weighted by atomic mass is 16.5. The number of aromatic nitrogens is 3. The third-order valence-corrected chi connectivity index (χ3v) is 3.35. The number of hydrogen-bond donors (Lipinski definition) is 2. The molecule has 3 aromatic rings. The van der Waals surface area contributed by atoms with Gasteiger partial charge in [0.1, 0.15) is 16.8 Å². The predicted octanol–water partition coefficient (Wildman–Crippen LogP) is 2.68. The van der Waals surface area contributed by atoms with Gasteiger partial charge in [-0.15, -0.1) is 0 Å². The van der Waals surface area contributed by atoms with Crippen LogP contribution in [-0.2, 0) is 6.54 Å². The van der Waals surface area contributed by atoms with Gasteiger partial charge in [0.2, 0.25) is 0 Å². The van der Waals surface area contributed by atoms with E-state index in [1.165, 1.54) is 0 Å². The van der Waals surface area contributed by atoms with E-state index in [4.69, 9.17) is 4.74 Å². The molecule has 3 rings (SSSR count). The number of rotatable bonds is 5. The van der Waals surface area contributed by atoms with Crippen molar-refractivity contribution in [3.8, 4) is 5.75 Å². The first-order valence-electron chi connectivity index (χ1n) is 7.47. The number of carbonyl (C=O) groups is 1. The minimum atomic E-state index is -0.158. The van der Waals surface area contributed by atoms with Gasteiger partial charge in [-0.2, -0.15) is 15.4 Å². The molecule has 1 heterocycles. The van der Waals surface area contributed by atoms with E-state index in [-0.39, 0.29) is 12.0 Å². The zero-order valence-electron chi connectivity index (χ0n) is 13.0. The number of ether oxygens (including phenoxy) is 1. The lowest BCUT2D eigenvalue weighted by Gasteiger charge is -2.14. The van der Waals surface area contributed by atoms with Crippen molar-refractivity contribution in [2.45, 2.75) is 26.5 Å². The van der Waals surface area contributed by atoms with E-state index < -0.39 is 0 Å². The Morgan fingerprint density at radius 2 is 1.96 bits per heavy atom. The van der Waals surface area contributed by atoms with Crippen LogP contribution in [0.15, 0.2) is 42.5 Å². The Kier molecular flexibility index (Phi) is 4.23. The number of benzene rings is 2. The smallest absolute Gasteiger partial charge is 0.251 e. The molecule has 2 aromatic carbocycles. The van der Waals surface area contributed by atoms with Crippen LogP contribution in [0.2, 0.25) is 0 Å². The van der Waals surface area contributed by atoms with E-state index >= 15 is 0 Å². The molecule has 0 spiro atoms. The number of amides is 1. The van der Waals surface area contributed by atoms with Gasteiger partial charge in [-0.05, 0) is 38.1 Å². The lowest BCUT2D eigenvalue weighted by atomic mass is 10.1. The maximum absolute atomic E-state index is 12.3. The maximum Gasteiger partial charge on any atom is 0.251 e. The number of H-pyrrole nitrogens is 1. The van der Waals surface area contributed by atoms with Crippen LogP contribution in [0.5, 0.6) is 5.75 Å². The number of fused-ring (bicyclic) bond motifs is 1. The molecular weight excluding hydrogens is 292 g/mol. The third kappa shape index (κ3) is 3.48.